The molecule has 1 amide bonds. The number of imidazole rings is 1. The number of aromatic amines is 1. The van der Waals surface area contributed by atoms with E-state index in [9.17, 15) is 4.79 Å². The van der Waals surface area contributed by atoms with E-state index in [4.69, 9.17) is 9.72 Å². The SMILES string of the molecule is COc1cccc(-c2csc(NC(=O)C(C)Sc3nc(-c4ccccc4)c(-c4ccccc4)[nH]3)n2)c1. The highest BCUT2D eigenvalue weighted by Crippen LogP contribution is 2.34. The van der Waals surface area contributed by atoms with Crippen LogP contribution < -0.4 is 10.1 Å². The number of ether oxygens (including phenoxy) is 1. The van der Waals surface area contributed by atoms with Crippen molar-refractivity contribution in [2.75, 3.05) is 12.4 Å². The molecule has 36 heavy (non-hydrogen) atoms. The summed E-state index contributed by atoms with van der Waals surface area (Å²) < 4.78 is 5.30. The molecule has 0 saturated heterocycles. The number of H-pyrrole nitrogens is 1. The number of thiazole rings is 1. The van der Waals surface area contributed by atoms with E-state index in [1.54, 1.807) is 7.11 Å². The highest BCUT2D eigenvalue weighted by molar-refractivity contribution is 8.00. The van der Waals surface area contributed by atoms with E-state index < -0.39 is 0 Å². The second-order valence-electron chi connectivity index (χ2n) is 8.02. The van der Waals surface area contributed by atoms with Gasteiger partial charge < -0.3 is 15.0 Å². The van der Waals surface area contributed by atoms with Crippen LogP contribution in [0.15, 0.2) is 95.5 Å². The van der Waals surface area contributed by atoms with Crippen LogP contribution in [0.25, 0.3) is 33.8 Å². The molecule has 1 unspecified atom stereocenters. The van der Waals surface area contributed by atoms with Gasteiger partial charge in [0.2, 0.25) is 5.91 Å². The first-order valence-corrected chi connectivity index (χ1v) is 13.1. The molecule has 0 bridgehead atoms. The van der Waals surface area contributed by atoms with Crippen molar-refractivity contribution in [2.45, 2.75) is 17.3 Å². The number of methoxy groups -OCH3 is 1. The average molecular weight is 513 g/mol. The number of anilines is 1. The van der Waals surface area contributed by atoms with Crippen LogP contribution >= 0.6 is 23.1 Å². The molecule has 0 spiro atoms. The largest absolute Gasteiger partial charge is 0.497 e. The van der Waals surface area contributed by atoms with Gasteiger partial charge in [0, 0.05) is 22.1 Å². The van der Waals surface area contributed by atoms with Crippen molar-refractivity contribution in [2.24, 2.45) is 0 Å². The molecule has 0 fully saturated rings. The van der Waals surface area contributed by atoms with E-state index in [-0.39, 0.29) is 11.2 Å². The molecule has 0 aliphatic rings. The molecular weight excluding hydrogens is 488 g/mol. The molecule has 1 atom stereocenters. The summed E-state index contributed by atoms with van der Waals surface area (Å²) in [6, 6.07) is 27.8. The van der Waals surface area contributed by atoms with E-state index in [2.05, 4.69) is 15.3 Å². The molecule has 0 aliphatic carbocycles. The minimum atomic E-state index is -0.382. The van der Waals surface area contributed by atoms with Gasteiger partial charge in [0.1, 0.15) is 5.75 Å². The number of carbonyl (C=O) groups is 1. The predicted molar refractivity (Wildman–Crippen MR) is 148 cm³/mol. The summed E-state index contributed by atoms with van der Waals surface area (Å²) in [6.07, 6.45) is 0. The Morgan fingerprint density at radius 2 is 1.64 bits per heavy atom. The number of nitrogens with zero attached hydrogens (tertiary/aromatic N) is 2. The van der Waals surface area contributed by atoms with E-state index in [1.807, 2.05) is 97.2 Å². The smallest absolute Gasteiger partial charge is 0.239 e. The average Bonchev–Trinajstić information content (AvgIpc) is 3.57. The van der Waals surface area contributed by atoms with Crippen molar-refractivity contribution in [3.05, 3.63) is 90.3 Å². The Hall–Kier alpha value is -3.88. The fraction of sp³-hybridized carbons (Fsp3) is 0.107. The molecule has 2 heterocycles. The van der Waals surface area contributed by atoms with Crippen LogP contribution in [-0.4, -0.2) is 33.2 Å². The molecule has 2 aromatic heterocycles. The second kappa shape index (κ2) is 10.8. The van der Waals surface area contributed by atoms with Gasteiger partial charge >= 0.3 is 0 Å². The van der Waals surface area contributed by atoms with Gasteiger partial charge in [0.05, 0.1) is 29.4 Å². The molecule has 0 saturated carbocycles. The minimum Gasteiger partial charge on any atom is -0.497 e. The fourth-order valence-corrected chi connectivity index (χ4v) is 5.23. The highest BCUT2D eigenvalue weighted by Gasteiger charge is 2.21. The molecule has 0 radical (unpaired) electrons. The van der Waals surface area contributed by atoms with Gasteiger partial charge in [-0.3, -0.25) is 4.79 Å². The summed E-state index contributed by atoms with van der Waals surface area (Å²) in [6.45, 7) is 1.86. The first-order chi connectivity index (χ1) is 17.6. The van der Waals surface area contributed by atoms with E-state index in [1.165, 1.54) is 23.1 Å². The van der Waals surface area contributed by atoms with Crippen molar-refractivity contribution in [3.63, 3.8) is 0 Å². The monoisotopic (exact) mass is 512 g/mol. The van der Waals surface area contributed by atoms with Gasteiger partial charge in [-0.15, -0.1) is 11.3 Å². The lowest BCUT2D eigenvalue weighted by Crippen LogP contribution is -2.22. The molecule has 6 nitrogen and oxygen atoms in total. The molecule has 180 valence electrons. The second-order valence-corrected chi connectivity index (χ2v) is 10.2. The quantitative estimate of drug-likeness (QED) is 0.219. The number of rotatable bonds is 8. The summed E-state index contributed by atoms with van der Waals surface area (Å²) in [5.41, 5.74) is 5.58. The van der Waals surface area contributed by atoms with Crippen LogP contribution in [0.5, 0.6) is 5.75 Å². The lowest BCUT2D eigenvalue weighted by atomic mass is 10.1. The number of hydrogen-bond donors (Lipinski definition) is 2. The van der Waals surface area contributed by atoms with Gasteiger partial charge in [0.15, 0.2) is 10.3 Å². The summed E-state index contributed by atoms with van der Waals surface area (Å²) in [7, 11) is 1.63. The zero-order valence-electron chi connectivity index (χ0n) is 19.8. The topological polar surface area (TPSA) is 79.9 Å². The maximum absolute atomic E-state index is 13.0. The van der Waals surface area contributed by atoms with Gasteiger partial charge in [-0.25, -0.2) is 9.97 Å². The van der Waals surface area contributed by atoms with E-state index >= 15 is 0 Å². The third-order valence-electron chi connectivity index (χ3n) is 5.55. The Morgan fingerprint density at radius 3 is 2.36 bits per heavy atom. The van der Waals surface area contributed by atoms with Crippen LogP contribution in [0, 0.1) is 0 Å². The molecule has 2 N–H and O–H groups in total. The number of nitrogens with one attached hydrogen (secondary N) is 2. The number of amides is 1. The number of aromatic nitrogens is 3. The van der Waals surface area contributed by atoms with Gasteiger partial charge in [0.25, 0.3) is 0 Å². The summed E-state index contributed by atoms with van der Waals surface area (Å²) in [5, 5.41) is 5.72. The van der Waals surface area contributed by atoms with Gasteiger partial charge in [-0.2, -0.15) is 0 Å². The molecule has 8 heteroatoms. The van der Waals surface area contributed by atoms with Crippen molar-refractivity contribution in [1.82, 2.24) is 15.0 Å². The fourth-order valence-electron chi connectivity index (χ4n) is 3.70. The lowest BCUT2D eigenvalue weighted by molar-refractivity contribution is -0.115. The maximum Gasteiger partial charge on any atom is 0.239 e. The Morgan fingerprint density at radius 1 is 0.944 bits per heavy atom. The number of thioether (sulfide) groups is 1. The molecular formula is C28H24N4O2S2. The van der Waals surface area contributed by atoms with Crippen LogP contribution in [0.4, 0.5) is 5.13 Å². The lowest BCUT2D eigenvalue weighted by Gasteiger charge is -2.08. The normalized spacial score (nSPS) is 11.7. The molecule has 0 aliphatic heterocycles. The molecule has 3 aromatic carbocycles. The third-order valence-corrected chi connectivity index (χ3v) is 7.29. The molecule has 5 aromatic rings. The maximum atomic E-state index is 13.0. The number of hydrogen-bond acceptors (Lipinski definition) is 6. The Balaban J connectivity index is 1.32. The standard InChI is InChI=1S/C28H24N4O2S2/c1-18(26(33)32-27-29-23(17-35-27)21-14-9-15-22(16-21)34-2)36-28-30-24(19-10-5-3-6-11-19)25(31-28)20-12-7-4-8-13-20/h3-18H,1-2H3,(H,30,31)(H,29,32,33). The van der Waals surface area contributed by atoms with Crippen LogP contribution in [0.1, 0.15) is 6.92 Å². The van der Waals surface area contributed by atoms with Gasteiger partial charge in [-0.1, -0.05) is 84.6 Å². The summed E-state index contributed by atoms with van der Waals surface area (Å²) in [5.74, 6) is 0.629. The number of benzene rings is 3. The van der Waals surface area contributed by atoms with Gasteiger partial charge in [-0.05, 0) is 19.1 Å². The summed E-state index contributed by atoms with van der Waals surface area (Å²) in [4.78, 5) is 25.8. The minimum absolute atomic E-state index is 0.134. The van der Waals surface area contributed by atoms with E-state index in [0.29, 0.717) is 10.3 Å². The van der Waals surface area contributed by atoms with Crippen LogP contribution in [0.3, 0.4) is 0 Å². The zero-order valence-corrected chi connectivity index (χ0v) is 21.4. The predicted octanol–water partition coefficient (Wildman–Crippen LogP) is 7.00. The number of carbonyl (C=O) groups excluding carboxylic acids is 1. The van der Waals surface area contributed by atoms with E-state index in [0.717, 1.165) is 39.5 Å². The third kappa shape index (κ3) is 5.35. The van der Waals surface area contributed by atoms with Crippen molar-refractivity contribution >= 4 is 34.1 Å². The van der Waals surface area contributed by atoms with Crippen molar-refractivity contribution < 1.29 is 9.53 Å². The zero-order chi connectivity index (χ0) is 24.9. The Kier molecular flexibility index (Phi) is 7.16. The Labute approximate surface area is 217 Å². The Bertz CT molecular complexity index is 1410. The van der Waals surface area contributed by atoms with Crippen molar-refractivity contribution in [1.29, 1.82) is 0 Å². The van der Waals surface area contributed by atoms with Crippen LogP contribution in [-0.2, 0) is 4.79 Å². The molecule has 5 rings (SSSR count). The summed E-state index contributed by atoms with van der Waals surface area (Å²) >= 11 is 2.78. The van der Waals surface area contributed by atoms with Crippen LogP contribution in [0.2, 0.25) is 0 Å². The first kappa shape index (κ1) is 23.8. The first-order valence-electron chi connectivity index (χ1n) is 11.4. The highest BCUT2D eigenvalue weighted by atomic mass is 32.2. The van der Waals surface area contributed by atoms with Crippen molar-refractivity contribution in [3.8, 4) is 39.5 Å².